The average molecular weight is 167 g/mol. The molecule has 0 saturated carbocycles. The van der Waals surface area contributed by atoms with E-state index in [0.29, 0.717) is 0 Å². The Kier molecular flexibility index (Phi) is 2.04. The molecule has 2 heterocycles. The van der Waals surface area contributed by atoms with Gasteiger partial charge in [0.25, 0.3) is 0 Å². The summed E-state index contributed by atoms with van der Waals surface area (Å²) in [5, 5.41) is 0. The van der Waals surface area contributed by atoms with Crippen LogP contribution in [-0.2, 0) is 17.6 Å². The second-order valence-corrected chi connectivity index (χ2v) is 2.91. The Morgan fingerprint density at radius 2 is 2.25 bits per heavy atom. The monoisotopic (exact) mass is 167 g/mol. The molecule has 1 aliphatic heterocycles. The molecule has 12 heavy (non-hydrogen) atoms. The van der Waals surface area contributed by atoms with Gasteiger partial charge in [-0.15, -0.1) is 0 Å². The van der Waals surface area contributed by atoms with Crippen LogP contribution in [0.4, 0.5) is 0 Å². The molecule has 1 aromatic rings. The second-order valence-electron chi connectivity index (χ2n) is 2.91. The van der Waals surface area contributed by atoms with Crippen molar-refractivity contribution in [1.29, 1.82) is 0 Å². The van der Waals surface area contributed by atoms with Gasteiger partial charge in [-0.3, -0.25) is 0 Å². The highest BCUT2D eigenvalue weighted by molar-refractivity contribution is 5.22. The molecule has 0 fully saturated rings. The summed E-state index contributed by atoms with van der Waals surface area (Å²) in [6, 6.07) is 2.10. The van der Waals surface area contributed by atoms with Crippen molar-refractivity contribution in [1.82, 2.24) is 4.73 Å². The third kappa shape index (κ3) is 1.20. The molecule has 0 amide bonds. The van der Waals surface area contributed by atoms with Crippen molar-refractivity contribution in [2.45, 2.75) is 12.8 Å². The lowest BCUT2D eigenvalue weighted by atomic mass is 10.1. The molecule has 1 aromatic heterocycles. The summed E-state index contributed by atoms with van der Waals surface area (Å²) < 4.78 is 7.19. The van der Waals surface area contributed by atoms with E-state index in [0.717, 1.165) is 26.1 Å². The first-order valence-electron chi connectivity index (χ1n) is 4.23. The maximum Gasteiger partial charge on any atom is 0.104 e. The summed E-state index contributed by atoms with van der Waals surface area (Å²) in [7, 11) is 1.69. The van der Waals surface area contributed by atoms with Gasteiger partial charge in [-0.2, -0.15) is 4.73 Å². The van der Waals surface area contributed by atoms with E-state index in [1.807, 2.05) is 10.9 Å². The lowest BCUT2D eigenvalue weighted by molar-refractivity contribution is 0.134. The molecule has 0 radical (unpaired) electrons. The van der Waals surface area contributed by atoms with Crippen LogP contribution in [-0.4, -0.2) is 25.1 Å². The number of nitrogens with zero attached hydrogens (tertiary/aromatic N) is 1. The van der Waals surface area contributed by atoms with E-state index in [2.05, 4.69) is 6.07 Å². The molecule has 0 aromatic carbocycles. The summed E-state index contributed by atoms with van der Waals surface area (Å²) in [4.78, 5) is 5.17. The summed E-state index contributed by atoms with van der Waals surface area (Å²) in [6.45, 7) is 1.64. The van der Waals surface area contributed by atoms with Gasteiger partial charge in [0.15, 0.2) is 0 Å². The zero-order valence-electron chi connectivity index (χ0n) is 7.25. The third-order valence-corrected chi connectivity index (χ3v) is 2.24. The molecule has 0 unspecified atom stereocenters. The number of hydrogen-bond acceptors (Lipinski definition) is 2. The first kappa shape index (κ1) is 7.68. The molecule has 3 heteroatoms. The highest BCUT2D eigenvalue weighted by Gasteiger charge is 2.12. The van der Waals surface area contributed by atoms with Crippen LogP contribution in [0.1, 0.15) is 11.3 Å². The van der Waals surface area contributed by atoms with E-state index in [1.165, 1.54) is 11.3 Å². The van der Waals surface area contributed by atoms with Crippen molar-refractivity contribution in [2.24, 2.45) is 0 Å². The van der Waals surface area contributed by atoms with Gasteiger partial charge in [-0.05, 0) is 18.1 Å². The smallest absolute Gasteiger partial charge is 0.104 e. The molecule has 0 aliphatic carbocycles. The van der Waals surface area contributed by atoms with Crippen molar-refractivity contribution in [3.05, 3.63) is 23.5 Å². The Bertz CT molecular complexity index is 267. The van der Waals surface area contributed by atoms with E-state index in [-0.39, 0.29) is 0 Å². The second kappa shape index (κ2) is 3.19. The number of rotatable bonds is 1. The Hall–Kier alpha value is -0.960. The predicted octanol–water partition coefficient (Wildman–Crippen LogP) is 0.662. The fourth-order valence-corrected chi connectivity index (χ4v) is 1.61. The minimum absolute atomic E-state index is 0.806. The number of fused-ring (bicyclic) bond motifs is 1. The standard InChI is InChI=1S/C9H13NO2/c1-11-10-5-2-8-3-6-12-7-4-9(8)10/h2,5H,3-4,6-7H2,1H3. The SMILES string of the molecule is COn1ccc2c1CCOCC2. The van der Waals surface area contributed by atoms with Crippen LogP contribution in [0.3, 0.4) is 0 Å². The normalized spacial score (nSPS) is 16.8. The van der Waals surface area contributed by atoms with Gasteiger partial charge in [0.2, 0.25) is 0 Å². The van der Waals surface area contributed by atoms with Gasteiger partial charge in [0, 0.05) is 12.6 Å². The van der Waals surface area contributed by atoms with Gasteiger partial charge in [-0.25, -0.2) is 0 Å². The van der Waals surface area contributed by atoms with Gasteiger partial charge in [0.05, 0.1) is 18.9 Å². The van der Waals surface area contributed by atoms with Crippen molar-refractivity contribution in [2.75, 3.05) is 20.3 Å². The quantitative estimate of drug-likeness (QED) is 0.613. The van der Waals surface area contributed by atoms with Crippen LogP contribution in [0.15, 0.2) is 12.3 Å². The van der Waals surface area contributed by atoms with E-state index in [9.17, 15) is 0 Å². The highest BCUT2D eigenvalue weighted by Crippen LogP contribution is 2.14. The Morgan fingerprint density at radius 3 is 3.08 bits per heavy atom. The van der Waals surface area contributed by atoms with Gasteiger partial charge < -0.3 is 9.57 Å². The summed E-state index contributed by atoms with van der Waals surface area (Å²) in [6.07, 6.45) is 3.93. The van der Waals surface area contributed by atoms with Crippen molar-refractivity contribution >= 4 is 0 Å². The fourth-order valence-electron chi connectivity index (χ4n) is 1.61. The minimum atomic E-state index is 0.806. The number of ether oxygens (including phenoxy) is 1. The van der Waals surface area contributed by atoms with Crippen LogP contribution in [0.2, 0.25) is 0 Å². The van der Waals surface area contributed by atoms with E-state index >= 15 is 0 Å². The molecule has 66 valence electrons. The van der Waals surface area contributed by atoms with Crippen LogP contribution in [0, 0.1) is 0 Å². The average Bonchev–Trinajstić information content (AvgIpc) is 2.33. The molecule has 1 aliphatic rings. The summed E-state index contributed by atoms with van der Waals surface area (Å²) in [5.41, 5.74) is 2.62. The van der Waals surface area contributed by atoms with Crippen LogP contribution < -0.4 is 4.84 Å². The fraction of sp³-hybridized carbons (Fsp3) is 0.556. The summed E-state index contributed by atoms with van der Waals surface area (Å²) >= 11 is 0. The van der Waals surface area contributed by atoms with Gasteiger partial charge in [0.1, 0.15) is 7.11 Å². The van der Waals surface area contributed by atoms with E-state index < -0.39 is 0 Å². The lowest BCUT2D eigenvalue weighted by Crippen LogP contribution is -2.10. The molecular weight excluding hydrogens is 154 g/mol. The molecule has 0 bridgehead atoms. The van der Waals surface area contributed by atoms with Crippen molar-refractivity contribution in [3.63, 3.8) is 0 Å². The van der Waals surface area contributed by atoms with Crippen molar-refractivity contribution in [3.8, 4) is 0 Å². The molecular formula is C9H13NO2. The molecule has 3 nitrogen and oxygen atoms in total. The molecule has 0 spiro atoms. The van der Waals surface area contributed by atoms with Gasteiger partial charge >= 0.3 is 0 Å². The number of hydrogen-bond donors (Lipinski definition) is 0. The Balaban J connectivity index is 2.32. The maximum atomic E-state index is 5.37. The molecule has 0 saturated heterocycles. The topological polar surface area (TPSA) is 23.4 Å². The lowest BCUT2D eigenvalue weighted by Gasteiger charge is -2.05. The first-order chi connectivity index (χ1) is 5.92. The maximum absolute atomic E-state index is 5.37. The Labute approximate surface area is 71.9 Å². The zero-order chi connectivity index (χ0) is 8.39. The van der Waals surface area contributed by atoms with Crippen molar-refractivity contribution < 1.29 is 9.57 Å². The summed E-state index contributed by atoms with van der Waals surface area (Å²) in [5.74, 6) is 0. The van der Waals surface area contributed by atoms with Crippen LogP contribution in [0.5, 0.6) is 0 Å². The molecule has 0 atom stereocenters. The Morgan fingerprint density at radius 1 is 1.42 bits per heavy atom. The molecule has 0 N–H and O–H groups in total. The largest absolute Gasteiger partial charge is 0.417 e. The minimum Gasteiger partial charge on any atom is -0.417 e. The number of aromatic nitrogens is 1. The first-order valence-corrected chi connectivity index (χ1v) is 4.23. The van der Waals surface area contributed by atoms with Gasteiger partial charge in [-0.1, -0.05) is 0 Å². The van der Waals surface area contributed by atoms with E-state index in [1.54, 1.807) is 7.11 Å². The zero-order valence-corrected chi connectivity index (χ0v) is 7.25. The van der Waals surface area contributed by atoms with Crippen LogP contribution >= 0.6 is 0 Å². The van der Waals surface area contributed by atoms with Crippen LogP contribution in [0.25, 0.3) is 0 Å². The third-order valence-electron chi connectivity index (χ3n) is 2.24. The highest BCUT2D eigenvalue weighted by atomic mass is 16.6. The molecule has 2 rings (SSSR count). The predicted molar refractivity (Wildman–Crippen MR) is 45.2 cm³/mol. The van der Waals surface area contributed by atoms with E-state index in [4.69, 9.17) is 9.57 Å².